The van der Waals surface area contributed by atoms with Crippen molar-refractivity contribution in [1.29, 1.82) is 0 Å². The number of hydrogen-bond acceptors (Lipinski definition) is 7. The van der Waals surface area contributed by atoms with E-state index < -0.39 is 24.3 Å². The molecule has 0 heterocycles. The van der Waals surface area contributed by atoms with Gasteiger partial charge in [0.15, 0.2) is 6.10 Å². The van der Waals surface area contributed by atoms with Crippen molar-refractivity contribution in [2.24, 2.45) is 0 Å². The van der Waals surface area contributed by atoms with E-state index >= 15 is 0 Å². The Kier molecular flexibility index (Phi) is 64.1. The van der Waals surface area contributed by atoms with Gasteiger partial charge in [-0.05, 0) is 83.5 Å². The smallest absolute Gasteiger partial charge is 0.361 e. The summed E-state index contributed by atoms with van der Waals surface area (Å²) in [7, 11) is 5.97. The molecule has 0 radical (unpaired) electrons. The van der Waals surface area contributed by atoms with Gasteiger partial charge in [-0.1, -0.05) is 311 Å². The van der Waals surface area contributed by atoms with Gasteiger partial charge in [-0.3, -0.25) is 9.59 Å². The molecular formula is C76H138NO8+. The number of ether oxygens (including phenoxy) is 4. The lowest BCUT2D eigenvalue weighted by atomic mass is 10.0. The zero-order valence-corrected chi connectivity index (χ0v) is 56.5. The van der Waals surface area contributed by atoms with Crippen molar-refractivity contribution in [3.63, 3.8) is 0 Å². The first-order valence-corrected chi connectivity index (χ1v) is 36.1. The number of carboxylic acid groups (broad SMARTS) is 1. The van der Waals surface area contributed by atoms with Crippen LogP contribution < -0.4 is 0 Å². The zero-order chi connectivity index (χ0) is 61.9. The highest BCUT2D eigenvalue weighted by atomic mass is 16.7. The van der Waals surface area contributed by atoms with E-state index in [0.29, 0.717) is 23.9 Å². The first-order valence-electron chi connectivity index (χ1n) is 36.1. The highest BCUT2D eigenvalue weighted by Crippen LogP contribution is 2.18. The Morgan fingerprint density at radius 2 is 0.671 bits per heavy atom. The van der Waals surface area contributed by atoms with Crippen molar-refractivity contribution < 1.29 is 42.9 Å². The van der Waals surface area contributed by atoms with Crippen LogP contribution in [0.3, 0.4) is 0 Å². The average Bonchev–Trinajstić information content (AvgIpc) is 3.48. The summed E-state index contributed by atoms with van der Waals surface area (Å²) in [5.74, 6) is -2.01. The maximum absolute atomic E-state index is 12.9. The molecule has 0 bridgehead atoms. The Labute approximate surface area is 526 Å². The Morgan fingerprint density at radius 3 is 1.00 bits per heavy atom. The molecule has 0 spiro atoms. The number of carbonyl (C=O) groups excluding carboxylic acids is 2. The number of allylic oxidation sites excluding steroid dienone is 12. The van der Waals surface area contributed by atoms with Gasteiger partial charge in [-0.15, -0.1) is 0 Å². The molecule has 0 amide bonds. The molecule has 85 heavy (non-hydrogen) atoms. The largest absolute Gasteiger partial charge is 0.477 e. The van der Waals surface area contributed by atoms with E-state index in [0.717, 1.165) is 89.9 Å². The lowest BCUT2D eigenvalue weighted by Gasteiger charge is -2.25. The van der Waals surface area contributed by atoms with Crippen molar-refractivity contribution in [2.75, 3.05) is 47.5 Å². The molecule has 0 aliphatic heterocycles. The predicted molar refractivity (Wildman–Crippen MR) is 364 cm³/mol. The number of rotatable bonds is 67. The maximum Gasteiger partial charge on any atom is 0.361 e. The molecule has 0 aliphatic rings. The molecule has 0 rings (SSSR count). The monoisotopic (exact) mass is 1190 g/mol. The van der Waals surface area contributed by atoms with Crippen LogP contribution in [0.15, 0.2) is 72.9 Å². The van der Waals surface area contributed by atoms with Gasteiger partial charge in [0.1, 0.15) is 13.2 Å². The number of quaternary nitrogens is 1. The van der Waals surface area contributed by atoms with Crippen LogP contribution in [0.2, 0.25) is 0 Å². The summed E-state index contributed by atoms with van der Waals surface area (Å²) in [5.41, 5.74) is 0. The molecule has 9 nitrogen and oxygen atoms in total. The minimum Gasteiger partial charge on any atom is -0.477 e. The topological polar surface area (TPSA) is 108 Å². The van der Waals surface area contributed by atoms with Gasteiger partial charge in [0, 0.05) is 12.8 Å². The summed E-state index contributed by atoms with van der Waals surface area (Å²) in [5, 5.41) is 9.73. The number of likely N-dealkylation sites (N-methyl/N-ethyl adjacent to an activating group) is 1. The Balaban J connectivity index is 3.93. The molecule has 9 heteroatoms. The third kappa shape index (κ3) is 68.1. The van der Waals surface area contributed by atoms with Crippen LogP contribution in [0.5, 0.6) is 0 Å². The molecular weight excluding hydrogens is 1050 g/mol. The fourth-order valence-electron chi connectivity index (χ4n) is 10.5. The Hall–Kier alpha value is -3.27. The van der Waals surface area contributed by atoms with Crippen LogP contribution in [0.4, 0.5) is 0 Å². The van der Waals surface area contributed by atoms with Crippen molar-refractivity contribution in [3.05, 3.63) is 72.9 Å². The number of esters is 2. The summed E-state index contributed by atoms with van der Waals surface area (Å²) in [6.45, 7) is 4.77. The second-order valence-electron chi connectivity index (χ2n) is 25.5. The van der Waals surface area contributed by atoms with Crippen LogP contribution in [-0.2, 0) is 33.3 Å². The number of carboxylic acids is 1. The molecule has 0 saturated heterocycles. The molecule has 2 unspecified atom stereocenters. The van der Waals surface area contributed by atoms with Crippen LogP contribution in [0.1, 0.15) is 335 Å². The van der Waals surface area contributed by atoms with Gasteiger partial charge in [-0.25, -0.2) is 4.79 Å². The minimum atomic E-state index is -1.52. The van der Waals surface area contributed by atoms with E-state index in [2.05, 4.69) is 86.8 Å². The van der Waals surface area contributed by atoms with Crippen molar-refractivity contribution in [2.45, 2.75) is 347 Å². The van der Waals surface area contributed by atoms with Crippen molar-refractivity contribution in [1.82, 2.24) is 0 Å². The summed E-state index contributed by atoms with van der Waals surface area (Å²) < 4.78 is 22.9. The highest BCUT2D eigenvalue weighted by molar-refractivity contribution is 5.71. The number of carbonyl (C=O) groups is 3. The first kappa shape index (κ1) is 81.7. The standard InChI is InChI=1S/C76H137NO8/c1-6-8-10-12-14-16-18-20-22-24-26-27-28-29-30-31-32-33-34-35-36-37-38-39-40-41-42-43-44-45-46-47-49-50-52-54-56-58-60-62-64-66-73(78)83-70-72(71-84-76(75(80)81)82-69-68-77(3,4)5)85-74(79)67-65-63-61-59-57-55-53-51-48-25-23-21-19-17-15-13-11-9-7-2/h9,11,15,17-18,20-21,23-24,26,48,51,72,76H,6-8,10,12-14,16,19,22,25,27-47,49-50,52-71H2,1-5H3/p+1/b11-9-,17-15-,20-18-,23-21-,26-24-,51-48-. The fourth-order valence-corrected chi connectivity index (χ4v) is 10.5. The molecule has 0 fully saturated rings. The van der Waals surface area contributed by atoms with Gasteiger partial charge < -0.3 is 28.5 Å². The van der Waals surface area contributed by atoms with Crippen LogP contribution in [0.25, 0.3) is 0 Å². The number of unbranched alkanes of at least 4 members (excludes halogenated alkanes) is 40. The van der Waals surface area contributed by atoms with Gasteiger partial charge in [0.05, 0.1) is 34.4 Å². The zero-order valence-electron chi connectivity index (χ0n) is 56.5. The van der Waals surface area contributed by atoms with Crippen molar-refractivity contribution >= 4 is 17.9 Å². The molecule has 0 aliphatic carbocycles. The summed E-state index contributed by atoms with van der Waals surface area (Å²) in [6.07, 6.45) is 86.2. The molecule has 2 atom stereocenters. The Morgan fingerprint density at radius 1 is 0.365 bits per heavy atom. The number of hydrogen-bond donors (Lipinski definition) is 1. The van der Waals surface area contributed by atoms with E-state index in [1.54, 1.807) is 0 Å². The summed E-state index contributed by atoms with van der Waals surface area (Å²) in [6, 6.07) is 0. The molecule has 0 saturated carbocycles. The van der Waals surface area contributed by atoms with E-state index in [-0.39, 0.29) is 32.2 Å². The molecule has 0 aromatic heterocycles. The van der Waals surface area contributed by atoms with Crippen molar-refractivity contribution in [3.8, 4) is 0 Å². The SMILES string of the molecule is CC/C=C\C/C=C\C/C=C\C/C=C\CCCCCCCCC(=O)OC(COC(=O)CCCCCCCCCCCCCCCCCCCCCCCCCCCCCCC/C=C\C/C=C\CCCCCCC)COC(OCC[N+](C)(C)C)C(=O)O. The average molecular weight is 1190 g/mol. The van der Waals surface area contributed by atoms with Gasteiger partial charge in [0.25, 0.3) is 6.29 Å². The summed E-state index contributed by atoms with van der Waals surface area (Å²) >= 11 is 0. The maximum atomic E-state index is 12.9. The molecule has 494 valence electrons. The van der Waals surface area contributed by atoms with Crippen LogP contribution >= 0.6 is 0 Å². The molecule has 0 aromatic carbocycles. The van der Waals surface area contributed by atoms with Crippen LogP contribution in [0, 0.1) is 0 Å². The van der Waals surface area contributed by atoms with E-state index in [1.807, 2.05) is 21.1 Å². The second-order valence-corrected chi connectivity index (χ2v) is 25.5. The first-order chi connectivity index (χ1) is 41.6. The Bertz CT molecular complexity index is 1620. The van der Waals surface area contributed by atoms with E-state index in [4.69, 9.17) is 18.9 Å². The normalized spacial score (nSPS) is 13.1. The molecule has 0 aromatic rings. The van der Waals surface area contributed by atoms with Gasteiger partial charge in [-0.2, -0.15) is 0 Å². The predicted octanol–water partition coefficient (Wildman–Crippen LogP) is 22.5. The van der Waals surface area contributed by atoms with Crippen LogP contribution in [-0.4, -0.2) is 87.4 Å². The molecule has 1 N–H and O–H groups in total. The van der Waals surface area contributed by atoms with E-state index in [1.165, 1.54) is 212 Å². The quantitative estimate of drug-likeness (QED) is 0.0211. The third-order valence-corrected chi connectivity index (χ3v) is 15.9. The van der Waals surface area contributed by atoms with Gasteiger partial charge in [0.2, 0.25) is 0 Å². The lowest BCUT2D eigenvalue weighted by Crippen LogP contribution is -2.40. The second kappa shape index (κ2) is 66.7. The minimum absolute atomic E-state index is 0.184. The summed E-state index contributed by atoms with van der Waals surface area (Å²) in [4.78, 5) is 37.6. The fraction of sp³-hybridized carbons (Fsp3) is 0.803. The number of aliphatic carboxylic acids is 1. The third-order valence-electron chi connectivity index (χ3n) is 15.9. The van der Waals surface area contributed by atoms with Gasteiger partial charge >= 0.3 is 17.9 Å². The highest BCUT2D eigenvalue weighted by Gasteiger charge is 2.25. The number of nitrogens with zero attached hydrogens (tertiary/aromatic N) is 1. The lowest BCUT2D eigenvalue weighted by molar-refractivity contribution is -0.870. The van der Waals surface area contributed by atoms with E-state index in [9.17, 15) is 19.5 Å².